The van der Waals surface area contributed by atoms with E-state index in [9.17, 15) is 9.90 Å². The number of allylic oxidation sites excluding steroid dienone is 1. The summed E-state index contributed by atoms with van der Waals surface area (Å²) in [6, 6.07) is 10.6. The highest BCUT2D eigenvalue weighted by molar-refractivity contribution is 7.15. The first-order valence-electron chi connectivity index (χ1n) is 15.8. The summed E-state index contributed by atoms with van der Waals surface area (Å²) in [5.74, 6) is -0.383. The van der Waals surface area contributed by atoms with Crippen molar-refractivity contribution >= 4 is 28.8 Å². The molecule has 1 aromatic carbocycles. The molecule has 1 aliphatic rings. The number of rotatable bonds is 13. The number of benzene rings is 1. The summed E-state index contributed by atoms with van der Waals surface area (Å²) >= 11 is 1.61. The van der Waals surface area contributed by atoms with Crippen molar-refractivity contribution in [3.8, 4) is 10.7 Å². The van der Waals surface area contributed by atoms with E-state index in [-0.39, 0.29) is 5.60 Å². The van der Waals surface area contributed by atoms with E-state index in [0.717, 1.165) is 42.0 Å². The quantitative estimate of drug-likeness (QED) is 0.151. The molecule has 4 aromatic rings. The van der Waals surface area contributed by atoms with Gasteiger partial charge in [0.25, 0.3) is 0 Å². The van der Waals surface area contributed by atoms with Crippen molar-refractivity contribution in [3.05, 3.63) is 89.1 Å². The third-order valence-corrected chi connectivity index (χ3v) is 9.23. The van der Waals surface area contributed by atoms with Gasteiger partial charge in [-0.3, -0.25) is 0 Å². The minimum absolute atomic E-state index is 0.294. The van der Waals surface area contributed by atoms with Crippen molar-refractivity contribution in [2.75, 3.05) is 24.6 Å². The number of nitrogens with zero attached hydrogens (tertiary/aromatic N) is 5. The molecule has 0 saturated carbocycles. The number of fused-ring (bicyclic) bond motifs is 1. The first-order chi connectivity index (χ1) is 21.9. The molecule has 0 bridgehead atoms. The number of aryl methyl sites for hydroxylation is 2. The standard InChI is InChI=1S/C36H45N5O4S/c1-8-10-12-25-13-11-14-26(20-25)21-27-23-37-32(46-27)28-22-29-38-24(3)30(31(34(42)43)45-35(4,5)6)33(41(29)39-28)40-17-15-36(7,16-18-40)44-19-9-2/h8-9,11,13-14,20,22-23,31H,1-2,10,12,15-19,21H2,3-7H3,(H,42,43). The van der Waals surface area contributed by atoms with Crippen molar-refractivity contribution in [1.29, 1.82) is 0 Å². The predicted molar refractivity (Wildman–Crippen MR) is 184 cm³/mol. The van der Waals surface area contributed by atoms with Gasteiger partial charge < -0.3 is 19.5 Å². The van der Waals surface area contributed by atoms with Gasteiger partial charge in [0, 0.05) is 42.3 Å². The lowest BCUT2D eigenvalue weighted by Gasteiger charge is -2.41. The van der Waals surface area contributed by atoms with Crippen LogP contribution < -0.4 is 4.90 Å². The molecule has 5 rings (SSSR count). The molecule has 0 radical (unpaired) electrons. The third-order valence-electron chi connectivity index (χ3n) is 8.21. The summed E-state index contributed by atoms with van der Waals surface area (Å²) < 4.78 is 14.1. The predicted octanol–water partition coefficient (Wildman–Crippen LogP) is 7.37. The highest BCUT2D eigenvalue weighted by Crippen LogP contribution is 2.38. The van der Waals surface area contributed by atoms with Crippen LogP contribution in [0.1, 0.15) is 80.3 Å². The van der Waals surface area contributed by atoms with Gasteiger partial charge in [-0.15, -0.1) is 24.5 Å². The molecule has 0 spiro atoms. The molecule has 3 aromatic heterocycles. The second-order valence-electron chi connectivity index (χ2n) is 13.2. The highest BCUT2D eigenvalue weighted by atomic mass is 32.1. The van der Waals surface area contributed by atoms with E-state index in [1.54, 1.807) is 21.9 Å². The molecule has 1 fully saturated rings. The fraction of sp³-hybridized carbons (Fsp3) is 0.444. The normalized spacial score (nSPS) is 15.6. The molecule has 1 aliphatic heterocycles. The number of piperidine rings is 1. The van der Waals surface area contributed by atoms with Crippen molar-refractivity contribution in [2.45, 2.75) is 84.0 Å². The van der Waals surface area contributed by atoms with E-state index in [1.807, 2.05) is 46.0 Å². The van der Waals surface area contributed by atoms with Gasteiger partial charge in [-0.1, -0.05) is 36.4 Å². The molecule has 0 amide bonds. The molecule has 1 unspecified atom stereocenters. The van der Waals surface area contributed by atoms with Crippen LogP contribution in [0.2, 0.25) is 0 Å². The lowest BCUT2D eigenvalue weighted by molar-refractivity contribution is -0.160. The Morgan fingerprint density at radius 2 is 1.91 bits per heavy atom. The summed E-state index contributed by atoms with van der Waals surface area (Å²) in [4.78, 5) is 25.7. The summed E-state index contributed by atoms with van der Waals surface area (Å²) in [7, 11) is 0. The molecule has 46 heavy (non-hydrogen) atoms. The second kappa shape index (κ2) is 13.9. The van der Waals surface area contributed by atoms with Gasteiger partial charge in [0.1, 0.15) is 16.5 Å². The van der Waals surface area contributed by atoms with Gasteiger partial charge in [-0.2, -0.15) is 9.61 Å². The van der Waals surface area contributed by atoms with E-state index in [2.05, 4.69) is 49.2 Å². The summed E-state index contributed by atoms with van der Waals surface area (Å²) in [6.45, 7) is 19.0. The molecular formula is C36H45N5O4S. The zero-order valence-corrected chi connectivity index (χ0v) is 28.4. The molecule has 10 heteroatoms. The topological polar surface area (TPSA) is 102 Å². The SMILES string of the molecule is C=CCCc1cccc(Cc2cnc(-c3cc4nc(C)c(C(OC(C)(C)C)C(=O)O)c(N5CCC(C)(OCC=C)CC5)n4n3)s2)c1. The first kappa shape index (κ1) is 33.5. The van der Waals surface area contributed by atoms with Gasteiger partial charge in [0.15, 0.2) is 11.8 Å². The Labute approximate surface area is 275 Å². The Morgan fingerprint density at radius 3 is 2.59 bits per heavy atom. The second-order valence-corrected chi connectivity index (χ2v) is 14.3. The van der Waals surface area contributed by atoms with Crippen LogP contribution in [0.3, 0.4) is 0 Å². The Hall–Kier alpha value is -3.86. The average Bonchev–Trinajstić information content (AvgIpc) is 3.64. The van der Waals surface area contributed by atoms with Crippen molar-refractivity contribution in [1.82, 2.24) is 19.6 Å². The molecule has 4 heterocycles. The summed E-state index contributed by atoms with van der Waals surface area (Å²) in [5.41, 5.74) is 3.98. The smallest absolute Gasteiger partial charge is 0.337 e. The number of hydrogen-bond acceptors (Lipinski definition) is 8. The minimum Gasteiger partial charge on any atom is -0.479 e. The van der Waals surface area contributed by atoms with Crippen molar-refractivity contribution in [2.24, 2.45) is 0 Å². The molecule has 244 valence electrons. The van der Waals surface area contributed by atoms with E-state index in [0.29, 0.717) is 48.1 Å². The number of carboxylic acids is 1. The lowest BCUT2D eigenvalue weighted by atomic mass is 9.92. The van der Waals surface area contributed by atoms with E-state index < -0.39 is 17.7 Å². The van der Waals surface area contributed by atoms with Crippen LogP contribution in [0.4, 0.5) is 5.82 Å². The van der Waals surface area contributed by atoms with Gasteiger partial charge >= 0.3 is 5.97 Å². The maximum absolute atomic E-state index is 12.7. The number of thiazole rings is 1. The van der Waals surface area contributed by atoms with Crippen molar-refractivity contribution < 1.29 is 19.4 Å². The number of aromatic nitrogens is 4. The van der Waals surface area contributed by atoms with Crippen LogP contribution in [0, 0.1) is 6.92 Å². The molecule has 1 saturated heterocycles. The average molecular weight is 644 g/mol. The number of hydrogen-bond donors (Lipinski definition) is 1. The number of ether oxygens (including phenoxy) is 2. The van der Waals surface area contributed by atoms with Crippen LogP contribution in [-0.2, 0) is 27.1 Å². The third kappa shape index (κ3) is 7.74. The van der Waals surface area contributed by atoms with Crippen LogP contribution in [0.15, 0.2) is 61.8 Å². The lowest BCUT2D eigenvalue weighted by Crippen LogP contribution is -2.45. The van der Waals surface area contributed by atoms with Crippen LogP contribution in [0.5, 0.6) is 0 Å². The molecular weight excluding hydrogens is 598 g/mol. The Bertz CT molecular complexity index is 1710. The maximum Gasteiger partial charge on any atom is 0.337 e. The van der Waals surface area contributed by atoms with Crippen molar-refractivity contribution in [3.63, 3.8) is 0 Å². The molecule has 0 aliphatic carbocycles. The Kier molecular flexibility index (Phi) is 10.1. The zero-order chi connectivity index (χ0) is 33.1. The number of anilines is 1. The van der Waals surface area contributed by atoms with Crippen LogP contribution >= 0.6 is 11.3 Å². The largest absolute Gasteiger partial charge is 0.479 e. The summed E-state index contributed by atoms with van der Waals surface area (Å²) in [6.07, 6.45) is 8.64. The molecule has 1 N–H and O–H groups in total. The maximum atomic E-state index is 12.7. The van der Waals surface area contributed by atoms with E-state index in [1.165, 1.54) is 11.1 Å². The van der Waals surface area contributed by atoms with Gasteiger partial charge in [0.05, 0.1) is 23.4 Å². The zero-order valence-electron chi connectivity index (χ0n) is 27.6. The Morgan fingerprint density at radius 1 is 1.17 bits per heavy atom. The van der Waals surface area contributed by atoms with E-state index >= 15 is 0 Å². The van der Waals surface area contributed by atoms with Gasteiger partial charge in [0.2, 0.25) is 0 Å². The van der Waals surface area contributed by atoms with Crippen LogP contribution in [-0.4, -0.2) is 61.6 Å². The highest BCUT2D eigenvalue weighted by Gasteiger charge is 2.37. The fourth-order valence-corrected chi connectivity index (χ4v) is 6.79. The first-order valence-corrected chi connectivity index (χ1v) is 16.7. The minimum atomic E-state index is -1.22. The molecule has 9 nitrogen and oxygen atoms in total. The van der Waals surface area contributed by atoms with E-state index in [4.69, 9.17) is 24.5 Å². The Balaban J connectivity index is 1.53. The van der Waals surface area contributed by atoms with Gasteiger partial charge in [-0.05, 0) is 71.4 Å². The summed E-state index contributed by atoms with van der Waals surface area (Å²) in [5, 5.41) is 16.2. The monoisotopic (exact) mass is 643 g/mol. The van der Waals surface area contributed by atoms with Gasteiger partial charge in [-0.25, -0.2) is 14.8 Å². The number of carboxylic acid groups (broad SMARTS) is 1. The number of carbonyl (C=O) groups is 1. The fourth-order valence-electron chi connectivity index (χ4n) is 5.89. The van der Waals surface area contributed by atoms with Crippen LogP contribution in [0.25, 0.3) is 16.3 Å². The number of aliphatic carboxylic acids is 1. The molecule has 1 atom stereocenters.